The third kappa shape index (κ3) is 6.49. The molecule has 0 fully saturated rings. The summed E-state index contributed by atoms with van der Waals surface area (Å²) in [5.74, 6) is 1.09. The number of hydrogen-bond acceptors (Lipinski definition) is 5. The minimum absolute atomic E-state index is 0.0953. The Hall–Kier alpha value is -2.53. The van der Waals surface area contributed by atoms with Gasteiger partial charge in [-0.2, -0.15) is 0 Å². The molecule has 5 nitrogen and oxygen atoms in total. The second-order valence-corrected chi connectivity index (χ2v) is 9.87. The quantitative estimate of drug-likeness (QED) is 0.530. The fraction of sp³-hybridized carbons (Fsp3) is 0.519. The number of hydrogen-bond donors (Lipinski definition) is 1. The molecule has 2 rings (SSSR count). The molecule has 0 saturated carbocycles. The van der Waals surface area contributed by atoms with Crippen molar-refractivity contribution in [1.29, 1.82) is 0 Å². The molecule has 0 heterocycles. The number of rotatable bonds is 9. The van der Waals surface area contributed by atoms with Gasteiger partial charge in [0.25, 0.3) is 0 Å². The smallest absolute Gasteiger partial charge is 0.344 e. The van der Waals surface area contributed by atoms with Gasteiger partial charge in [-0.25, -0.2) is 4.79 Å². The SMILES string of the molecule is CCOC(=O)COc1ccc(C(C)(C)c2ccc(OCC(O)C(C)(C)C)c(C)c2)cc1C. The average molecular weight is 443 g/mol. The molecule has 0 aliphatic rings. The van der Waals surface area contributed by atoms with Gasteiger partial charge >= 0.3 is 5.97 Å². The third-order valence-corrected chi connectivity index (χ3v) is 5.84. The zero-order chi connectivity index (χ0) is 24.1. The summed E-state index contributed by atoms with van der Waals surface area (Å²) in [5.41, 5.74) is 3.85. The van der Waals surface area contributed by atoms with E-state index < -0.39 is 6.10 Å². The van der Waals surface area contributed by atoms with Crippen LogP contribution in [-0.2, 0) is 14.9 Å². The molecule has 1 unspecified atom stereocenters. The molecule has 2 aromatic rings. The number of carbonyl (C=O) groups excluding carboxylic acids is 1. The number of ether oxygens (including phenoxy) is 3. The van der Waals surface area contributed by atoms with Crippen LogP contribution in [0, 0.1) is 19.3 Å². The lowest BCUT2D eigenvalue weighted by Crippen LogP contribution is -2.32. The van der Waals surface area contributed by atoms with E-state index >= 15 is 0 Å². The van der Waals surface area contributed by atoms with E-state index in [1.165, 1.54) is 5.56 Å². The lowest BCUT2D eigenvalue weighted by Gasteiger charge is -2.28. The molecule has 0 saturated heterocycles. The summed E-state index contributed by atoms with van der Waals surface area (Å²) < 4.78 is 16.4. The van der Waals surface area contributed by atoms with Gasteiger partial charge in [0, 0.05) is 5.41 Å². The van der Waals surface area contributed by atoms with Gasteiger partial charge in [-0.05, 0) is 60.6 Å². The predicted octanol–water partition coefficient (Wildman–Crippen LogP) is 5.36. The van der Waals surface area contributed by atoms with Crippen LogP contribution in [0.3, 0.4) is 0 Å². The van der Waals surface area contributed by atoms with Crippen molar-refractivity contribution in [1.82, 2.24) is 0 Å². The lowest BCUT2D eigenvalue weighted by molar-refractivity contribution is -0.145. The van der Waals surface area contributed by atoms with E-state index in [0.717, 1.165) is 22.4 Å². The molecular weight excluding hydrogens is 404 g/mol. The minimum Gasteiger partial charge on any atom is -0.491 e. The molecular formula is C27H38O5. The van der Waals surface area contributed by atoms with Crippen LogP contribution in [0.15, 0.2) is 36.4 Å². The van der Waals surface area contributed by atoms with Gasteiger partial charge in [-0.1, -0.05) is 58.9 Å². The predicted molar refractivity (Wildman–Crippen MR) is 128 cm³/mol. The highest BCUT2D eigenvalue weighted by atomic mass is 16.6. The van der Waals surface area contributed by atoms with Crippen LogP contribution in [-0.4, -0.2) is 37.0 Å². The van der Waals surface area contributed by atoms with Crippen molar-refractivity contribution in [2.75, 3.05) is 19.8 Å². The van der Waals surface area contributed by atoms with Gasteiger partial charge in [0.05, 0.1) is 12.7 Å². The molecule has 1 N–H and O–H groups in total. The van der Waals surface area contributed by atoms with E-state index in [1.807, 2.05) is 52.8 Å². The molecule has 32 heavy (non-hydrogen) atoms. The van der Waals surface area contributed by atoms with Crippen LogP contribution < -0.4 is 9.47 Å². The van der Waals surface area contributed by atoms with Gasteiger partial charge in [-0.3, -0.25) is 0 Å². The second-order valence-electron chi connectivity index (χ2n) is 9.87. The molecule has 0 radical (unpaired) electrons. The number of benzene rings is 2. The van der Waals surface area contributed by atoms with Crippen LogP contribution in [0.4, 0.5) is 0 Å². The van der Waals surface area contributed by atoms with Crippen LogP contribution >= 0.6 is 0 Å². The molecule has 0 bridgehead atoms. The summed E-state index contributed by atoms with van der Waals surface area (Å²) in [6, 6.07) is 12.2. The van der Waals surface area contributed by atoms with Gasteiger partial charge in [-0.15, -0.1) is 0 Å². The highest BCUT2D eigenvalue weighted by molar-refractivity contribution is 5.71. The van der Waals surface area contributed by atoms with Crippen molar-refractivity contribution in [2.24, 2.45) is 5.41 Å². The Morgan fingerprint density at radius 1 is 0.906 bits per heavy atom. The van der Waals surface area contributed by atoms with Crippen molar-refractivity contribution >= 4 is 5.97 Å². The number of aryl methyl sites for hydroxylation is 2. The molecule has 176 valence electrons. The van der Waals surface area contributed by atoms with Crippen molar-refractivity contribution in [3.63, 3.8) is 0 Å². The highest BCUT2D eigenvalue weighted by Crippen LogP contribution is 2.36. The molecule has 0 spiro atoms. The van der Waals surface area contributed by atoms with E-state index in [2.05, 4.69) is 32.0 Å². The fourth-order valence-corrected chi connectivity index (χ4v) is 3.32. The molecule has 0 amide bonds. The molecule has 0 aliphatic carbocycles. The molecule has 1 atom stereocenters. The Morgan fingerprint density at radius 2 is 1.41 bits per heavy atom. The van der Waals surface area contributed by atoms with Crippen LogP contribution in [0.5, 0.6) is 11.5 Å². The number of carbonyl (C=O) groups is 1. The zero-order valence-corrected chi connectivity index (χ0v) is 20.7. The summed E-state index contributed by atoms with van der Waals surface area (Å²) in [7, 11) is 0. The normalized spacial score (nSPS) is 12.9. The van der Waals surface area contributed by atoms with E-state index in [1.54, 1.807) is 6.92 Å². The van der Waals surface area contributed by atoms with Crippen molar-refractivity contribution in [2.45, 2.75) is 66.9 Å². The minimum atomic E-state index is -0.537. The monoisotopic (exact) mass is 442 g/mol. The van der Waals surface area contributed by atoms with E-state index in [0.29, 0.717) is 12.4 Å². The summed E-state index contributed by atoms with van der Waals surface area (Å²) in [6.45, 7) is 16.6. The summed E-state index contributed by atoms with van der Waals surface area (Å²) >= 11 is 0. The number of aliphatic hydroxyl groups excluding tert-OH is 1. The molecule has 2 aromatic carbocycles. The first-order chi connectivity index (χ1) is 14.9. The molecule has 0 aliphatic heterocycles. The average Bonchev–Trinajstić information content (AvgIpc) is 2.71. The maximum absolute atomic E-state index is 11.6. The molecule has 0 aromatic heterocycles. The summed E-state index contributed by atoms with van der Waals surface area (Å²) in [5, 5.41) is 10.3. The van der Waals surface area contributed by atoms with Gasteiger partial charge < -0.3 is 19.3 Å². The van der Waals surface area contributed by atoms with Crippen LogP contribution in [0.25, 0.3) is 0 Å². The maximum Gasteiger partial charge on any atom is 0.344 e. The fourth-order valence-electron chi connectivity index (χ4n) is 3.32. The topological polar surface area (TPSA) is 65.0 Å². The van der Waals surface area contributed by atoms with Crippen LogP contribution in [0.2, 0.25) is 0 Å². The van der Waals surface area contributed by atoms with Crippen LogP contribution in [0.1, 0.15) is 63.8 Å². The van der Waals surface area contributed by atoms with E-state index in [-0.39, 0.29) is 30.0 Å². The van der Waals surface area contributed by atoms with E-state index in [4.69, 9.17) is 14.2 Å². The standard InChI is InChI=1S/C27H38O5/c1-9-30-25(29)17-32-23-13-11-21(15-19(23)3)27(7,8)20-10-12-22(18(2)14-20)31-16-24(28)26(4,5)6/h10-15,24,28H,9,16-17H2,1-8H3. The van der Waals surface area contributed by atoms with Crippen molar-refractivity contribution in [3.8, 4) is 11.5 Å². The van der Waals surface area contributed by atoms with Crippen molar-refractivity contribution < 1.29 is 24.1 Å². The Morgan fingerprint density at radius 3 is 1.84 bits per heavy atom. The van der Waals surface area contributed by atoms with Crippen molar-refractivity contribution in [3.05, 3.63) is 58.7 Å². The summed E-state index contributed by atoms with van der Waals surface area (Å²) in [4.78, 5) is 11.6. The Balaban J connectivity index is 2.16. The summed E-state index contributed by atoms with van der Waals surface area (Å²) in [6.07, 6.45) is -0.537. The molecule has 5 heteroatoms. The Kier molecular flexibility index (Phi) is 8.35. The van der Waals surface area contributed by atoms with Gasteiger partial charge in [0.1, 0.15) is 18.1 Å². The zero-order valence-electron chi connectivity index (χ0n) is 20.7. The first-order valence-electron chi connectivity index (χ1n) is 11.2. The van der Waals surface area contributed by atoms with Gasteiger partial charge in [0.2, 0.25) is 0 Å². The highest BCUT2D eigenvalue weighted by Gasteiger charge is 2.26. The number of aliphatic hydroxyl groups is 1. The maximum atomic E-state index is 11.6. The second kappa shape index (κ2) is 10.4. The van der Waals surface area contributed by atoms with E-state index in [9.17, 15) is 9.90 Å². The third-order valence-electron chi connectivity index (χ3n) is 5.84. The lowest BCUT2D eigenvalue weighted by atomic mass is 9.77. The Bertz CT molecular complexity index is 924. The Labute approximate surface area is 192 Å². The largest absolute Gasteiger partial charge is 0.491 e. The van der Waals surface area contributed by atoms with Gasteiger partial charge in [0.15, 0.2) is 6.61 Å². The first-order valence-corrected chi connectivity index (χ1v) is 11.2. The first kappa shape index (κ1) is 25.7. The number of esters is 1.